The first kappa shape index (κ1) is 18.2. The van der Waals surface area contributed by atoms with Crippen LogP contribution in [0.25, 0.3) is 0 Å². The topological polar surface area (TPSA) is 64.1 Å². The first-order chi connectivity index (χ1) is 12.6. The maximum atomic E-state index is 13.1. The van der Waals surface area contributed by atoms with E-state index >= 15 is 0 Å². The van der Waals surface area contributed by atoms with Crippen molar-refractivity contribution in [2.24, 2.45) is 5.92 Å². The van der Waals surface area contributed by atoms with Gasteiger partial charge in [0.25, 0.3) is 0 Å². The second-order valence-corrected chi connectivity index (χ2v) is 8.85. The molecule has 6 heteroatoms. The lowest BCUT2D eigenvalue weighted by atomic mass is 9.90. The molecule has 0 spiro atoms. The Hall–Kier alpha value is -1.14. The van der Waals surface area contributed by atoms with E-state index < -0.39 is 5.60 Å². The van der Waals surface area contributed by atoms with E-state index in [2.05, 4.69) is 4.90 Å². The number of carbonyl (C=O) groups is 2. The number of β-amino-alcohol motifs (C(OH)–C–C–N with tert-alkyl or cyclic N) is 1. The van der Waals surface area contributed by atoms with Crippen LogP contribution >= 0.6 is 0 Å². The van der Waals surface area contributed by atoms with Crippen molar-refractivity contribution in [3.05, 3.63) is 0 Å². The molecule has 1 aliphatic carbocycles. The molecule has 0 aromatic rings. The zero-order valence-electron chi connectivity index (χ0n) is 15.9. The van der Waals surface area contributed by atoms with Gasteiger partial charge in [-0.15, -0.1) is 0 Å². The number of carbonyl (C=O) groups excluding carboxylic acids is 2. The Morgan fingerprint density at radius 2 is 1.50 bits per heavy atom. The van der Waals surface area contributed by atoms with Gasteiger partial charge in [-0.2, -0.15) is 0 Å². The van der Waals surface area contributed by atoms with Crippen molar-refractivity contribution >= 4 is 11.8 Å². The molecule has 0 aromatic heterocycles. The maximum Gasteiger partial charge on any atom is 0.245 e. The molecule has 2 amide bonds. The van der Waals surface area contributed by atoms with Crippen LogP contribution in [-0.4, -0.2) is 82.5 Å². The first-order valence-electron chi connectivity index (χ1n) is 10.6. The Bertz CT molecular complexity index is 534. The number of hydrogen-bond donors (Lipinski definition) is 1. The highest BCUT2D eigenvalue weighted by Gasteiger charge is 2.42. The average Bonchev–Trinajstić information content (AvgIpc) is 3.39. The van der Waals surface area contributed by atoms with Gasteiger partial charge in [-0.05, 0) is 70.9 Å². The molecule has 1 N–H and O–H groups in total. The minimum atomic E-state index is -0.656. The molecule has 4 aliphatic rings. The third kappa shape index (κ3) is 3.91. The van der Waals surface area contributed by atoms with Crippen LogP contribution in [0.15, 0.2) is 0 Å². The molecule has 4 rings (SSSR count). The second kappa shape index (κ2) is 7.47. The Labute approximate surface area is 156 Å². The minimum absolute atomic E-state index is 0.113. The number of nitrogens with zero attached hydrogens (tertiary/aromatic N) is 3. The van der Waals surface area contributed by atoms with Gasteiger partial charge < -0.3 is 19.8 Å². The van der Waals surface area contributed by atoms with Gasteiger partial charge in [0.1, 0.15) is 6.04 Å². The Balaban J connectivity index is 1.33. The standard InChI is InChI=1S/C20H33N3O3/c24-18(16-6-7-16)23-12-2-1-5-17(23)19(25)22-13-8-20(26,9-14-22)15-21-10-3-4-11-21/h16-17,26H,1-15H2/t17-/m0/s1. The van der Waals surface area contributed by atoms with Gasteiger partial charge in [0.05, 0.1) is 5.60 Å². The molecule has 6 nitrogen and oxygen atoms in total. The van der Waals surface area contributed by atoms with Gasteiger partial charge >= 0.3 is 0 Å². The van der Waals surface area contributed by atoms with E-state index in [4.69, 9.17) is 0 Å². The molecule has 1 atom stereocenters. The summed E-state index contributed by atoms with van der Waals surface area (Å²) < 4.78 is 0. The summed E-state index contributed by atoms with van der Waals surface area (Å²) in [6.07, 6.45) is 8.58. The summed E-state index contributed by atoms with van der Waals surface area (Å²) in [7, 11) is 0. The van der Waals surface area contributed by atoms with Crippen LogP contribution in [0.5, 0.6) is 0 Å². The molecule has 3 aliphatic heterocycles. The number of hydrogen-bond acceptors (Lipinski definition) is 4. The highest BCUT2D eigenvalue weighted by atomic mass is 16.3. The quantitative estimate of drug-likeness (QED) is 0.816. The molecule has 0 radical (unpaired) electrons. The third-order valence-corrected chi connectivity index (χ3v) is 6.72. The molecule has 0 aromatic carbocycles. The lowest BCUT2D eigenvalue weighted by molar-refractivity contribution is -0.151. The lowest BCUT2D eigenvalue weighted by Crippen LogP contribution is -2.57. The summed E-state index contributed by atoms with van der Waals surface area (Å²) in [5, 5.41) is 10.9. The van der Waals surface area contributed by atoms with Crippen LogP contribution in [0.1, 0.15) is 57.8 Å². The number of piperidine rings is 2. The van der Waals surface area contributed by atoms with Gasteiger partial charge in [0.2, 0.25) is 11.8 Å². The second-order valence-electron chi connectivity index (χ2n) is 8.85. The van der Waals surface area contributed by atoms with Gasteiger partial charge in [0, 0.05) is 32.1 Å². The molecule has 1 saturated carbocycles. The largest absolute Gasteiger partial charge is 0.388 e. The van der Waals surface area contributed by atoms with Crippen LogP contribution in [-0.2, 0) is 9.59 Å². The maximum absolute atomic E-state index is 13.1. The fraction of sp³-hybridized carbons (Fsp3) is 0.900. The lowest BCUT2D eigenvalue weighted by Gasteiger charge is -2.43. The molecule has 4 fully saturated rings. The van der Waals surface area contributed by atoms with E-state index in [1.807, 2.05) is 9.80 Å². The van der Waals surface area contributed by atoms with Crippen molar-refractivity contribution in [2.45, 2.75) is 69.4 Å². The number of likely N-dealkylation sites (tertiary alicyclic amines) is 3. The third-order valence-electron chi connectivity index (χ3n) is 6.72. The number of aliphatic hydroxyl groups is 1. The molecular weight excluding hydrogens is 330 g/mol. The predicted molar refractivity (Wildman–Crippen MR) is 98.5 cm³/mol. The smallest absolute Gasteiger partial charge is 0.245 e. The van der Waals surface area contributed by atoms with Crippen molar-refractivity contribution in [3.63, 3.8) is 0 Å². The van der Waals surface area contributed by atoms with Crippen molar-refractivity contribution in [1.82, 2.24) is 14.7 Å². The van der Waals surface area contributed by atoms with E-state index in [1.54, 1.807) is 0 Å². The summed E-state index contributed by atoms with van der Waals surface area (Å²) in [6.45, 7) is 4.88. The molecule has 3 heterocycles. The van der Waals surface area contributed by atoms with E-state index in [1.165, 1.54) is 12.8 Å². The molecular formula is C20H33N3O3. The highest BCUT2D eigenvalue weighted by Crippen LogP contribution is 2.34. The monoisotopic (exact) mass is 363 g/mol. The Morgan fingerprint density at radius 3 is 2.15 bits per heavy atom. The summed E-state index contributed by atoms with van der Waals surface area (Å²) in [5.41, 5.74) is -0.656. The van der Waals surface area contributed by atoms with E-state index in [0.717, 1.165) is 58.3 Å². The van der Waals surface area contributed by atoms with Gasteiger partial charge in [0.15, 0.2) is 0 Å². The fourth-order valence-electron chi connectivity index (χ4n) is 4.89. The first-order valence-corrected chi connectivity index (χ1v) is 10.6. The normalized spacial score (nSPS) is 29.8. The van der Waals surface area contributed by atoms with Crippen LogP contribution < -0.4 is 0 Å². The van der Waals surface area contributed by atoms with Gasteiger partial charge in [-0.25, -0.2) is 0 Å². The molecule has 26 heavy (non-hydrogen) atoms. The zero-order chi connectivity index (χ0) is 18.1. The predicted octanol–water partition coefficient (Wildman–Crippen LogP) is 1.23. The highest BCUT2D eigenvalue weighted by molar-refractivity contribution is 5.89. The van der Waals surface area contributed by atoms with Gasteiger partial charge in [-0.3, -0.25) is 9.59 Å². The van der Waals surface area contributed by atoms with E-state index in [9.17, 15) is 14.7 Å². The molecule has 0 bridgehead atoms. The minimum Gasteiger partial charge on any atom is -0.388 e. The summed E-state index contributed by atoms with van der Waals surface area (Å²) in [6, 6.07) is -0.262. The van der Waals surface area contributed by atoms with Crippen LogP contribution in [0, 0.1) is 5.92 Å². The van der Waals surface area contributed by atoms with Crippen LogP contribution in [0.3, 0.4) is 0 Å². The summed E-state index contributed by atoms with van der Waals surface area (Å²) in [5.74, 6) is 0.489. The molecule has 3 saturated heterocycles. The fourth-order valence-corrected chi connectivity index (χ4v) is 4.89. The average molecular weight is 364 g/mol. The molecule has 0 unspecified atom stereocenters. The van der Waals surface area contributed by atoms with Crippen molar-refractivity contribution in [1.29, 1.82) is 0 Å². The summed E-state index contributed by atoms with van der Waals surface area (Å²) >= 11 is 0. The Morgan fingerprint density at radius 1 is 0.846 bits per heavy atom. The SMILES string of the molecule is O=C([C@@H]1CCCCN1C(=O)C1CC1)N1CCC(O)(CN2CCCC2)CC1. The zero-order valence-corrected chi connectivity index (χ0v) is 15.9. The van der Waals surface area contributed by atoms with E-state index in [0.29, 0.717) is 25.9 Å². The van der Waals surface area contributed by atoms with Crippen molar-refractivity contribution in [2.75, 3.05) is 39.3 Å². The van der Waals surface area contributed by atoms with E-state index in [-0.39, 0.29) is 23.8 Å². The van der Waals surface area contributed by atoms with Crippen LogP contribution in [0.4, 0.5) is 0 Å². The number of amides is 2. The summed E-state index contributed by atoms with van der Waals surface area (Å²) in [4.78, 5) is 31.8. The van der Waals surface area contributed by atoms with Gasteiger partial charge in [-0.1, -0.05) is 0 Å². The van der Waals surface area contributed by atoms with Crippen LogP contribution in [0.2, 0.25) is 0 Å². The van der Waals surface area contributed by atoms with Crippen molar-refractivity contribution in [3.8, 4) is 0 Å². The molecule has 146 valence electrons. The Kier molecular flexibility index (Phi) is 5.24. The van der Waals surface area contributed by atoms with Crippen molar-refractivity contribution < 1.29 is 14.7 Å². The number of rotatable bonds is 4.